The van der Waals surface area contributed by atoms with Crippen LogP contribution in [0.25, 0.3) is 0 Å². The number of halogens is 2. The number of piperidine rings is 1. The molecule has 1 N–H and O–H groups in total. The fourth-order valence-corrected chi connectivity index (χ4v) is 4.17. The van der Waals surface area contributed by atoms with E-state index in [9.17, 15) is 4.79 Å². The molecule has 2 atom stereocenters. The van der Waals surface area contributed by atoms with Crippen molar-refractivity contribution in [3.8, 4) is 0 Å². The summed E-state index contributed by atoms with van der Waals surface area (Å²) in [5.41, 5.74) is 0. The Labute approximate surface area is 124 Å². The van der Waals surface area contributed by atoms with Crippen molar-refractivity contribution in [2.24, 2.45) is 5.92 Å². The van der Waals surface area contributed by atoms with Gasteiger partial charge in [0.25, 0.3) is 0 Å². The summed E-state index contributed by atoms with van der Waals surface area (Å²) in [4.78, 5) is 14.5. The van der Waals surface area contributed by atoms with E-state index < -0.39 is 5.97 Å². The van der Waals surface area contributed by atoms with Crippen molar-refractivity contribution in [2.75, 3.05) is 6.54 Å². The molecular weight excluding hydrogens is 338 g/mol. The van der Waals surface area contributed by atoms with Gasteiger partial charge in [0.05, 0.1) is 5.92 Å². The first-order valence-electron chi connectivity index (χ1n) is 5.88. The average molecular weight is 353 g/mol. The second-order valence-electron chi connectivity index (χ2n) is 4.71. The first-order valence-corrected chi connectivity index (χ1v) is 7.86. The van der Waals surface area contributed by atoms with Gasteiger partial charge in [-0.05, 0) is 48.3 Å². The number of hydrogen-bond acceptors (Lipinski definition) is 3. The lowest BCUT2D eigenvalue weighted by Crippen LogP contribution is -2.41. The van der Waals surface area contributed by atoms with Crippen LogP contribution in [0.2, 0.25) is 4.34 Å². The lowest BCUT2D eigenvalue weighted by Gasteiger charge is -2.35. The van der Waals surface area contributed by atoms with Crippen LogP contribution in [-0.2, 0) is 11.3 Å². The van der Waals surface area contributed by atoms with E-state index in [0.29, 0.717) is 6.04 Å². The Morgan fingerprint density at radius 2 is 2.44 bits per heavy atom. The van der Waals surface area contributed by atoms with Gasteiger partial charge >= 0.3 is 5.97 Å². The van der Waals surface area contributed by atoms with Gasteiger partial charge in [-0.3, -0.25) is 9.69 Å². The highest BCUT2D eigenvalue weighted by Gasteiger charge is 2.29. The zero-order valence-electron chi connectivity index (χ0n) is 10.0. The molecule has 1 aliphatic rings. The zero-order chi connectivity index (χ0) is 13.3. The Hall–Kier alpha value is -0.100. The first-order chi connectivity index (χ1) is 8.47. The molecule has 0 amide bonds. The quantitative estimate of drug-likeness (QED) is 0.898. The van der Waals surface area contributed by atoms with Crippen LogP contribution < -0.4 is 0 Å². The highest BCUT2D eigenvalue weighted by atomic mass is 79.9. The number of carboxylic acid groups (broad SMARTS) is 1. The van der Waals surface area contributed by atoms with Gasteiger partial charge < -0.3 is 5.11 Å². The fraction of sp³-hybridized carbons (Fsp3) is 0.583. The van der Waals surface area contributed by atoms with Gasteiger partial charge in [-0.25, -0.2) is 0 Å². The Kier molecular flexibility index (Phi) is 4.69. The Balaban J connectivity index is 1.97. The molecule has 0 aromatic carbocycles. The van der Waals surface area contributed by atoms with E-state index in [2.05, 4.69) is 27.8 Å². The molecule has 3 nitrogen and oxygen atoms in total. The van der Waals surface area contributed by atoms with Crippen molar-refractivity contribution >= 4 is 44.8 Å². The largest absolute Gasteiger partial charge is 0.481 e. The summed E-state index contributed by atoms with van der Waals surface area (Å²) in [7, 11) is 0. The van der Waals surface area contributed by atoms with Crippen LogP contribution >= 0.6 is 38.9 Å². The third-order valence-corrected chi connectivity index (χ3v) is 5.88. The molecule has 0 radical (unpaired) electrons. The molecule has 2 rings (SSSR count). The molecule has 18 heavy (non-hydrogen) atoms. The minimum absolute atomic E-state index is 0.185. The molecule has 0 bridgehead atoms. The maximum absolute atomic E-state index is 11.0. The number of carbonyl (C=O) groups is 1. The summed E-state index contributed by atoms with van der Waals surface area (Å²) in [6.07, 6.45) is 1.47. The summed E-state index contributed by atoms with van der Waals surface area (Å²) < 4.78 is 1.72. The van der Waals surface area contributed by atoms with Gasteiger partial charge in [-0.2, -0.15) is 0 Å². The number of aliphatic carboxylic acids is 1. The van der Waals surface area contributed by atoms with Crippen LogP contribution in [0.15, 0.2) is 10.5 Å². The third kappa shape index (κ3) is 3.26. The molecule has 0 saturated carbocycles. The van der Waals surface area contributed by atoms with Crippen molar-refractivity contribution in [1.29, 1.82) is 0 Å². The van der Waals surface area contributed by atoms with Crippen LogP contribution in [0.5, 0.6) is 0 Å². The Morgan fingerprint density at radius 1 is 1.72 bits per heavy atom. The lowest BCUT2D eigenvalue weighted by molar-refractivity contribution is -0.144. The molecule has 6 heteroatoms. The molecule has 1 aliphatic heterocycles. The summed E-state index contributed by atoms with van der Waals surface area (Å²) in [6, 6.07) is 2.35. The highest BCUT2D eigenvalue weighted by Crippen LogP contribution is 2.34. The lowest BCUT2D eigenvalue weighted by atomic mass is 9.92. The molecule has 2 heterocycles. The predicted molar refractivity (Wildman–Crippen MR) is 77.3 cm³/mol. The van der Waals surface area contributed by atoms with Crippen LogP contribution in [0, 0.1) is 5.92 Å². The molecular formula is C12H15BrClNO2S. The average Bonchev–Trinajstić information content (AvgIpc) is 2.61. The van der Waals surface area contributed by atoms with Gasteiger partial charge in [0.2, 0.25) is 0 Å². The first kappa shape index (κ1) is 14.3. The minimum atomic E-state index is -0.664. The molecule has 1 aromatic heterocycles. The smallest absolute Gasteiger partial charge is 0.306 e. The summed E-state index contributed by atoms with van der Waals surface area (Å²) in [6.45, 7) is 3.79. The molecule has 0 spiro atoms. The third-order valence-electron chi connectivity index (χ3n) is 3.42. The summed E-state index contributed by atoms with van der Waals surface area (Å²) in [5, 5.41) is 9.03. The predicted octanol–water partition coefficient (Wildman–Crippen LogP) is 3.85. The maximum atomic E-state index is 11.0. The maximum Gasteiger partial charge on any atom is 0.306 e. The minimum Gasteiger partial charge on any atom is -0.481 e. The number of rotatable bonds is 3. The fourth-order valence-electron chi connectivity index (χ4n) is 2.35. The van der Waals surface area contributed by atoms with Crippen molar-refractivity contribution in [3.05, 3.63) is 19.8 Å². The number of nitrogens with zero attached hydrogens (tertiary/aromatic N) is 1. The Bertz CT molecular complexity index is 432. The molecule has 1 fully saturated rings. The summed E-state index contributed by atoms with van der Waals surface area (Å²) in [5.74, 6) is -0.849. The van der Waals surface area contributed by atoms with Crippen LogP contribution in [0.4, 0.5) is 0 Å². The van der Waals surface area contributed by atoms with E-state index in [0.717, 1.165) is 34.7 Å². The van der Waals surface area contributed by atoms with E-state index in [-0.39, 0.29) is 5.92 Å². The molecule has 2 unspecified atom stereocenters. The normalized spacial score (nSPS) is 25.3. The van der Waals surface area contributed by atoms with Gasteiger partial charge in [-0.1, -0.05) is 11.6 Å². The highest BCUT2D eigenvalue weighted by molar-refractivity contribution is 9.10. The molecule has 1 saturated heterocycles. The Morgan fingerprint density at radius 3 is 2.94 bits per heavy atom. The zero-order valence-corrected chi connectivity index (χ0v) is 13.2. The van der Waals surface area contributed by atoms with Crippen molar-refractivity contribution in [3.63, 3.8) is 0 Å². The van der Waals surface area contributed by atoms with Crippen LogP contribution in [0.3, 0.4) is 0 Å². The number of thiophene rings is 1. The van der Waals surface area contributed by atoms with E-state index in [1.165, 1.54) is 4.88 Å². The monoisotopic (exact) mass is 351 g/mol. The topological polar surface area (TPSA) is 40.5 Å². The van der Waals surface area contributed by atoms with Crippen molar-refractivity contribution < 1.29 is 9.90 Å². The van der Waals surface area contributed by atoms with E-state index >= 15 is 0 Å². The number of hydrogen-bond donors (Lipinski definition) is 1. The van der Waals surface area contributed by atoms with E-state index in [1.807, 2.05) is 6.07 Å². The van der Waals surface area contributed by atoms with Gasteiger partial charge in [0.15, 0.2) is 0 Å². The second kappa shape index (κ2) is 5.90. The number of likely N-dealkylation sites (tertiary alicyclic amines) is 1. The van der Waals surface area contributed by atoms with E-state index in [4.69, 9.17) is 16.7 Å². The standard InChI is InChI=1S/C12H15BrClNO2S/c1-7-4-8(12(16)17)2-3-15(7)6-9-5-10(13)11(14)18-9/h5,7-8H,2-4,6H2,1H3,(H,16,17). The molecule has 0 aliphatic carbocycles. The molecule has 1 aromatic rings. The van der Waals surface area contributed by atoms with Crippen molar-refractivity contribution in [1.82, 2.24) is 4.90 Å². The second-order valence-corrected chi connectivity index (χ2v) is 7.31. The molecule has 100 valence electrons. The van der Waals surface area contributed by atoms with Gasteiger partial charge in [0, 0.05) is 21.9 Å². The van der Waals surface area contributed by atoms with Crippen LogP contribution in [0.1, 0.15) is 24.6 Å². The SMILES string of the molecule is CC1CC(C(=O)O)CCN1Cc1cc(Br)c(Cl)s1. The summed E-state index contributed by atoms with van der Waals surface area (Å²) >= 11 is 11.0. The number of carboxylic acids is 1. The van der Waals surface area contributed by atoms with Gasteiger partial charge in [0.1, 0.15) is 4.34 Å². The van der Waals surface area contributed by atoms with Crippen molar-refractivity contribution in [2.45, 2.75) is 32.4 Å². The van der Waals surface area contributed by atoms with E-state index in [1.54, 1.807) is 11.3 Å². The van der Waals surface area contributed by atoms with Gasteiger partial charge in [-0.15, -0.1) is 11.3 Å². The van der Waals surface area contributed by atoms with Crippen LogP contribution in [-0.4, -0.2) is 28.6 Å².